The van der Waals surface area contributed by atoms with Crippen molar-refractivity contribution in [1.29, 1.82) is 0 Å². The summed E-state index contributed by atoms with van der Waals surface area (Å²) in [5.74, 6) is -1.01. The molecule has 2 aromatic carbocycles. The van der Waals surface area contributed by atoms with Gasteiger partial charge in [0.2, 0.25) is 11.8 Å². The van der Waals surface area contributed by atoms with Crippen molar-refractivity contribution in [3.8, 4) is 0 Å². The first kappa shape index (κ1) is 17.0. The van der Waals surface area contributed by atoms with Gasteiger partial charge in [0.1, 0.15) is 5.82 Å². The summed E-state index contributed by atoms with van der Waals surface area (Å²) < 4.78 is 13.1. The van der Waals surface area contributed by atoms with Gasteiger partial charge in [-0.2, -0.15) is 0 Å². The number of hydrogen-bond acceptors (Lipinski definition) is 2. The van der Waals surface area contributed by atoms with Gasteiger partial charge in [0.15, 0.2) is 0 Å². The second-order valence-electron chi connectivity index (χ2n) is 5.07. The highest BCUT2D eigenvalue weighted by atomic mass is 35.5. The van der Waals surface area contributed by atoms with E-state index in [9.17, 15) is 14.0 Å². The molecule has 2 N–H and O–H groups in total. The molecule has 4 nitrogen and oxygen atoms in total. The lowest BCUT2D eigenvalue weighted by Gasteiger charge is -2.18. The maximum atomic E-state index is 13.1. The number of rotatable bonds is 5. The molecule has 0 aliphatic heterocycles. The third kappa shape index (κ3) is 5.38. The number of carbonyl (C=O) groups is 2. The Balaban J connectivity index is 2.09. The summed E-state index contributed by atoms with van der Waals surface area (Å²) in [7, 11) is 0. The van der Waals surface area contributed by atoms with E-state index in [0.29, 0.717) is 10.7 Å². The Morgan fingerprint density at radius 1 is 1.17 bits per heavy atom. The topological polar surface area (TPSA) is 58.2 Å². The van der Waals surface area contributed by atoms with Crippen molar-refractivity contribution in [3.05, 3.63) is 64.9 Å². The first-order valence-electron chi connectivity index (χ1n) is 7.02. The van der Waals surface area contributed by atoms with Crippen LogP contribution in [0.3, 0.4) is 0 Å². The Hall–Kier alpha value is -2.40. The van der Waals surface area contributed by atoms with E-state index in [1.165, 1.54) is 25.1 Å². The average Bonchev–Trinajstić information content (AvgIpc) is 2.46. The van der Waals surface area contributed by atoms with Gasteiger partial charge < -0.3 is 10.6 Å². The minimum Gasteiger partial charge on any atom is -0.349 e. The third-order valence-corrected chi connectivity index (χ3v) is 3.40. The van der Waals surface area contributed by atoms with Crippen molar-refractivity contribution in [2.45, 2.75) is 19.4 Å². The van der Waals surface area contributed by atoms with E-state index in [2.05, 4.69) is 10.6 Å². The van der Waals surface area contributed by atoms with Crippen molar-refractivity contribution in [2.75, 3.05) is 5.32 Å². The molecular formula is C17H16ClFN2O2. The lowest BCUT2D eigenvalue weighted by Crippen LogP contribution is -2.29. The van der Waals surface area contributed by atoms with Gasteiger partial charge in [-0.25, -0.2) is 4.39 Å². The highest BCUT2D eigenvalue weighted by molar-refractivity contribution is 6.30. The van der Waals surface area contributed by atoms with Crippen LogP contribution in [0, 0.1) is 5.82 Å². The van der Waals surface area contributed by atoms with E-state index in [1.54, 1.807) is 30.3 Å². The minimum atomic E-state index is -0.488. The number of carbonyl (C=O) groups excluding carboxylic acids is 2. The Bertz CT molecular complexity index is 704. The van der Waals surface area contributed by atoms with Crippen LogP contribution in [-0.4, -0.2) is 11.8 Å². The van der Waals surface area contributed by atoms with E-state index >= 15 is 0 Å². The second-order valence-corrected chi connectivity index (χ2v) is 5.50. The van der Waals surface area contributed by atoms with Crippen LogP contribution in [-0.2, 0) is 9.59 Å². The summed E-state index contributed by atoms with van der Waals surface area (Å²) in [5.41, 5.74) is 1.13. The predicted octanol–water partition coefficient (Wildman–Crippen LogP) is 3.69. The molecule has 2 rings (SSSR count). The molecule has 0 radical (unpaired) electrons. The summed E-state index contributed by atoms with van der Waals surface area (Å²) in [6, 6.07) is 12.0. The molecule has 0 aliphatic carbocycles. The molecule has 0 bridgehead atoms. The molecule has 0 saturated carbocycles. The highest BCUT2D eigenvalue weighted by Gasteiger charge is 2.17. The van der Waals surface area contributed by atoms with Crippen LogP contribution in [0.4, 0.5) is 10.1 Å². The van der Waals surface area contributed by atoms with Gasteiger partial charge in [0, 0.05) is 17.6 Å². The lowest BCUT2D eigenvalue weighted by molar-refractivity contribution is -0.120. The monoisotopic (exact) mass is 334 g/mol. The Kier molecular flexibility index (Phi) is 5.71. The fourth-order valence-corrected chi connectivity index (χ4v) is 2.28. The first-order valence-corrected chi connectivity index (χ1v) is 7.40. The van der Waals surface area contributed by atoms with E-state index in [1.807, 2.05) is 0 Å². The van der Waals surface area contributed by atoms with Gasteiger partial charge in [-0.1, -0.05) is 29.8 Å². The van der Waals surface area contributed by atoms with Crippen molar-refractivity contribution in [1.82, 2.24) is 5.32 Å². The lowest BCUT2D eigenvalue weighted by atomic mass is 10.0. The van der Waals surface area contributed by atoms with Gasteiger partial charge in [0.25, 0.3) is 0 Å². The fraction of sp³-hybridized carbons (Fsp3) is 0.176. The Morgan fingerprint density at radius 3 is 2.48 bits per heavy atom. The number of halogens is 2. The summed E-state index contributed by atoms with van der Waals surface area (Å²) in [5, 5.41) is 5.91. The molecule has 2 amide bonds. The molecule has 0 heterocycles. The number of anilines is 1. The molecule has 23 heavy (non-hydrogen) atoms. The van der Waals surface area contributed by atoms with E-state index < -0.39 is 11.9 Å². The van der Waals surface area contributed by atoms with Crippen LogP contribution in [0.5, 0.6) is 0 Å². The molecule has 0 spiro atoms. The van der Waals surface area contributed by atoms with Gasteiger partial charge in [0.05, 0.1) is 12.5 Å². The summed E-state index contributed by atoms with van der Waals surface area (Å²) in [6.07, 6.45) is 0.0255. The van der Waals surface area contributed by atoms with Crippen LogP contribution >= 0.6 is 11.6 Å². The summed E-state index contributed by atoms with van der Waals surface area (Å²) in [6.45, 7) is 1.38. The van der Waals surface area contributed by atoms with Gasteiger partial charge in [-0.15, -0.1) is 0 Å². The number of hydrogen-bond donors (Lipinski definition) is 2. The van der Waals surface area contributed by atoms with Gasteiger partial charge in [-0.05, 0) is 35.9 Å². The van der Waals surface area contributed by atoms with Crippen molar-refractivity contribution >= 4 is 29.1 Å². The molecule has 0 aliphatic rings. The molecule has 1 atom stereocenters. The molecule has 0 saturated heterocycles. The third-order valence-electron chi connectivity index (χ3n) is 3.15. The van der Waals surface area contributed by atoms with E-state index in [4.69, 9.17) is 11.6 Å². The van der Waals surface area contributed by atoms with Crippen LogP contribution < -0.4 is 10.6 Å². The van der Waals surface area contributed by atoms with Gasteiger partial charge >= 0.3 is 0 Å². The average molecular weight is 335 g/mol. The molecule has 6 heteroatoms. The fourth-order valence-electron chi connectivity index (χ4n) is 2.16. The van der Waals surface area contributed by atoms with Crippen molar-refractivity contribution in [3.63, 3.8) is 0 Å². The molecule has 2 aromatic rings. The molecule has 0 aromatic heterocycles. The first-order chi connectivity index (χ1) is 10.9. The second kappa shape index (κ2) is 7.74. The molecular weight excluding hydrogens is 319 g/mol. The van der Waals surface area contributed by atoms with Crippen LogP contribution in [0.1, 0.15) is 24.9 Å². The molecule has 120 valence electrons. The largest absolute Gasteiger partial charge is 0.349 e. The van der Waals surface area contributed by atoms with Crippen LogP contribution in [0.2, 0.25) is 5.02 Å². The maximum Gasteiger partial charge on any atom is 0.226 e. The standard InChI is InChI=1S/C17H16ClFN2O2/c1-11(22)20-16(12-5-7-13(18)8-6-12)10-17(23)21-15-4-2-3-14(19)9-15/h2-9,16H,10H2,1H3,(H,20,22)(H,21,23). The highest BCUT2D eigenvalue weighted by Crippen LogP contribution is 2.20. The van der Waals surface area contributed by atoms with Crippen molar-refractivity contribution in [2.24, 2.45) is 0 Å². The van der Waals surface area contributed by atoms with Crippen molar-refractivity contribution < 1.29 is 14.0 Å². The minimum absolute atomic E-state index is 0.0255. The predicted molar refractivity (Wildman–Crippen MR) is 87.7 cm³/mol. The Morgan fingerprint density at radius 2 is 1.87 bits per heavy atom. The number of amides is 2. The van der Waals surface area contributed by atoms with E-state index in [0.717, 1.165) is 5.56 Å². The zero-order chi connectivity index (χ0) is 16.8. The SMILES string of the molecule is CC(=O)NC(CC(=O)Nc1cccc(F)c1)c1ccc(Cl)cc1. The van der Waals surface area contributed by atoms with Crippen LogP contribution in [0.25, 0.3) is 0 Å². The zero-order valence-electron chi connectivity index (χ0n) is 12.5. The molecule has 1 unspecified atom stereocenters. The smallest absolute Gasteiger partial charge is 0.226 e. The summed E-state index contributed by atoms with van der Waals surface area (Å²) >= 11 is 5.85. The number of benzene rings is 2. The normalized spacial score (nSPS) is 11.6. The quantitative estimate of drug-likeness (QED) is 0.876. The van der Waals surface area contributed by atoms with Crippen LogP contribution in [0.15, 0.2) is 48.5 Å². The van der Waals surface area contributed by atoms with Gasteiger partial charge in [-0.3, -0.25) is 9.59 Å². The summed E-state index contributed by atoms with van der Waals surface area (Å²) in [4.78, 5) is 23.5. The Labute approximate surface area is 138 Å². The van der Waals surface area contributed by atoms with E-state index in [-0.39, 0.29) is 18.2 Å². The molecule has 0 fully saturated rings. The maximum absolute atomic E-state index is 13.1. The zero-order valence-corrected chi connectivity index (χ0v) is 13.2. The number of nitrogens with one attached hydrogen (secondary N) is 2.